The van der Waals surface area contributed by atoms with Gasteiger partial charge in [-0.15, -0.1) is 0 Å². The van der Waals surface area contributed by atoms with Crippen molar-refractivity contribution in [2.45, 2.75) is 6.42 Å². The first-order chi connectivity index (χ1) is 15.3. The number of aromatic nitrogens is 4. The predicted molar refractivity (Wildman–Crippen MR) is 120 cm³/mol. The van der Waals surface area contributed by atoms with Crippen LogP contribution in [0.15, 0.2) is 54.9 Å². The van der Waals surface area contributed by atoms with E-state index < -0.39 is 0 Å². The highest BCUT2D eigenvalue weighted by Gasteiger charge is 2.18. The van der Waals surface area contributed by atoms with Crippen LogP contribution in [0.4, 0.5) is 15.9 Å². The topological polar surface area (TPSA) is 81.8 Å². The summed E-state index contributed by atoms with van der Waals surface area (Å²) in [4.78, 5) is 11.3. The normalized spacial score (nSPS) is 14.7. The van der Waals surface area contributed by atoms with Crippen LogP contribution in [-0.4, -0.2) is 57.8 Å². The van der Waals surface area contributed by atoms with Crippen molar-refractivity contribution < 1.29 is 4.39 Å². The van der Waals surface area contributed by atoms with Gasteiger partial charge in [-0.2, -0.15) is 5.10 Å². The van der Waals surface area contributed by atoms with Crippen molar-refractivity contribution in [2.24, 2.45) is 0 Å². The first-order valence-electron chi connectivity index (χ1n) is 10.5. The number of aromatic amines is 1. The van der Waals surface area contributed by atoms with Gasteiger partial charge in [0.2, 0.25) is 0 Å². The van der Waals surface area contributed by atoms with Crippen molar-refractivity contribution >= 4 is 22.5 Å². The van der Waals surface area contributed by atoms with Crippen LogP contribution in [0.5, 0.6) is 0 Å². The number of halogens is 1. The maximum atomic E-state index is 13.3. The summed E-state index contributed by atoms with van der Waals surface area (Å²) in [5.74, 6) is 0.359. The largest absolute Gasteiger partial charge is 0.339 e. The highest BCUT2D eigenvalue weighted by atomic mass is 19.1. The van der Waals surface area contributed by atoms with Crippen molar-refractivity contribution in [1.29, 1.82) is 0 Å². The smallest absolute Gasteiger partial charge is 0.161 e. The second-order valence-corrected chi connectivity index (χ2v) is 7.65. The summed E-state index contributed by atoms with van der Waals surface area (Å²) in [6, 6.07) is 14.6. The molecular weight excluding hydrogens is 393 g/mol. The van der Waals surface area contributed by atoms with E-state index in [1.54, 1.807) is 12.1 Å². The van der Waals surface area contributed by atoms with Gasteiger partial charge in [0.05, 0.1) is 5.39 Å². The average Bonchev–Trinajstić information content (AvgIpc) is 3.25. The van der Waals surface area contributed by atoms with Gasteiger partial charge in [0.25, 0.3) is 0 Å². The van der Waals surface area contributed by atoms with E-state index in [4.69, 9.17) is 0 Å². The Bertz CT molecular complexity index is 1170. The van der Waals surface area contributed by atoms with Crippen LogP contribution in [-0.2, 0) is 6.42 Å². The number of hydrogen-bond donors (Lipinski definition) is 3. The molecule has 3 N–H and O–H groups in total. The fraction of sp³-hybridized carbons (Fsp3) is 0.261. The van der Waals surface area contributed by atoms with Gasteiger partial charge in [-0.05, 0) is 36.2 Å². The van der Waals surface area contributed by atoms with Crippen molar-refractivity contribution in [2.75, 3.05) is 38.0 Å². The van der Waals surface area contributed by atoms with Gasteiger partial charge < -0.3 is 15.5 Å². The fourth-order valence-corrected chi connectivity index (χ4v) is 4.00. The third-order valence-electron chi connectivity index (χ3n) is 5.64. The molecule has 4 aromatic rings. The molecule has 0 spiro atoms. The van der Waals surface area contributed by atoms with Crippen LogP contribution in [0.3, 0.4) is 0 Å². The quantitative estimate of drug-likeness (QED) is 0.446. The van der Waals surface area contributed by atoms with Gasteiger partial charge in [-0.25, -0.2) is 14.4 Å². The molecule has 0 amide bonds. The minimum Gasteiger partial charge on any atom is -0.339 e. The summed E-state index contributed by atoms with van der Waals surface area (Å²) >= 11 is 0. The molecule has 0 radical (unpaired) electrons. The van der Waals surface area contributed by atoms with Gasteiger partial charge in [-0.1, -0.05) is 24.3 Å². The second-order valence-electron chi connectivity index (χ2n) is 7.65. The zero-order chi connectivity index (χ0) is 21.0. The summed E-state index contributed by atoms with van der Waals surface area (Å²) in [7, 11) is 0. The molecule has 7 nitrogen and oxygen atoms in total. The molecule has 8 heteroatoms. The number of rotatable bonds is 6. The number of anilines is 2. The maximum absolute atomic E-state index is 13.3. The molecule has 1 aliphatic rings. The lowest BCUT2D eigenvalue weighted by Crippen LogP contribution is -2.44. The van der Waals surface area contributed by atoms with Crippen LogP contribution >= 0.6 is 0 Å². The van der Waals surface area contributed by atoms with Gasteiger partial charge in [0, 0.05) is 44.0 Å². The Morgan fingerprint density at radius 3 is 2.65 bits per heavy atom. The molecule has 2 aromatic heterocycles. The van der Waals surface area contributed by atoms with Crippen molar-refractivity contribution in [3.8, 4) is 11.3 Å². The van der Waals surface area contributed by atoms with Crippen LogP contribution in [0.25, 0.3) is 22.3 Å². The molecular formula is C23H24FN7. The summed E-state index contributed by atoms with van der Waals surface area (Å²) < 4.78 is 13.3. The molecule has 0 unspecified atom stereocenters. The van der Waals surface area contributed by atoms with E-state index in [0.29, 0.717) is 11.5 Å². The van der Waals surface area contributed by atoms with Crippen molar-refractivity contribution in [1.82, 2.24) is 30.4 Å². The van der Waals surface area contributed by atoms with E-state index in [-0.39, 0.29) is 5.82 Å². The Kier molecular flexibility index (Phi) is 5.56. The van der Waals surface area contributed by atoms with E-state index in [1.807, 2.05) is 6.07 Å². The Morgan fingerprint density at radius 2 is 1.81 bits per heavy atom. The first-order valence-corrected chi connectivity index (χ1v) is 10.5. The van der Waals surface area contributed by atoms with E-state index in [0.717, 1.165) is 61.5 Å². The molecule has 0 bridgehead atoms. The summed E-state index contributed by atoms with van der Waals surface area (Å²) in [6.45, 7) is 5.25. The van der Waals surface area contributed by atoms with Crippen LogP contribution in [0, 0.1) is 5.82 Å². The summed E-state index contributed by atoms with van der Waals surface area (Å²) in [6.07, 6.45) is 2.44. The molecule has 3 heterocycles. The highest BCUT2D eigenvalue weighted by molar-refractivity contribution is 6.00. The number of piperazine rings is 1. The van der Waals surface area contributed by atoms with Gasteiger partial charge >= 0.3 is 0 Å². The number of nitrogens with zero attached hydrogens (tertiary/aromatic N) is 4. The fourth-order valence-electron chi connectivity index (χ4n) is 4.00. The Morgan fingerprint density at radius 1 is 1.00 bits per heavy atom. The molecule has 0 saturated carbocycles. The standard InChI is InChI=1S/C23H24FN7/c24-17-5-7-18(8-6-17)28-22-20-21(29-30-23(20)27-15-26-22)19-4-2-1-3-16(19)9-12-31-13-10-25-11-14-31/h1-8,15,25H,9-14H2,(H2,26,27,28,29,30). The number of H-pyrrole nitrogens is 1. The van der Waals surface area contributed by atoms with Crippen LogP contribution in [0.1, 0.15) is 5.56 Å². The van der Waals surface area contributed by atoms with E-state index in [9.17, 15) is 4.39 Å². The monoisotopic (exact) mass is 417 g/mol. The minimum atomic E-state index is -0.277. The molecule has 1 fully saturated rings. The van der Waals surface area contributed by atoms with E-state index in [2.05, 4.69) is 53.9 Å². The number of benzene rings is 2. The summed E-state index contributed by atoms with van der Waals surface area (Å²) in [5.41, 5.74) is 4.54. The van der Waals surface area contributed by atoms with Crippen molar-refractivity contribution in [3.05, 3.63) is 66.2 Å². The predicted octanol–water partition coefficient (Wildman–Crippen LogP) is 3.35. The zero-order valence-electron chi connectivity index (χ0n) is 17.1. The Labute approximate surface area is 179 Å². The van der Waals surface area contributed by atoms with Gasteiger partial charge in [-0.3, -0.25) is 5.10 Å². The molecule has 158 valence electrons. The number of hydrogen-bond acceptors (Lipinski definition) is 6. The average molecular weight is 417 g/mol. The van der Waals surface area contributed by atoms with E-state index >= 15 is 0 Å². The maximum Gasteiger partial charge on any atom is 0.161 e. The summed E-state index contributed by atoms with van der Waals surface area (Å²) in [5, 5.41) is 15.1. The minimum absolute atomic E-state index is 0.277. The zero-order valence-corrected chi connectivity index (χ0v) is 17.1. The molecule has 1 saturated heterocycles. The third kappa shape index (κ3) is 4.26. The molecule has 2 aromatic carbocycles. The first kappa shape index (κ1) is 19.6. The van der Waals surface area contributed by atoms with Crippen LogP contribution in [0.2, 0.25) is 0 Å². The molecule has 1 aliphatic heterocycles. The van der Waals surface area contributed by atoms with Crippen molar-refractivity contribution in [3.63, 3.8) is 0 Å². The molecule has 5 rings (SSSR count). The third-order valence-corrected chi connectivity index (χ3v) is 5.64. The lowest BCUT2D eigenvalue weighted by atomic mass is 10.00. The van der Waals surface area contributed by atoms with Gasteiger partial charge in [0.1, 0.15) is 23.7 Å². The number of nitrogens with one attached hydrogen (secondary N) is 3. The van der Waals surface area contributed by atoms with Gasteiger partial charge in [0.15, 0.2) is 5.65 Å². The second kappa shape index (κ2) is 8.79. The van der Waals surface area contributed by atoms with Crippen LogP contribution < -0.4 is 10.6 Å². The Hall–Kier alpha value is -3.36. The SMILES string of the molecule is Fc1ccc(Nc2ncnc3[nH]nc(-c4ccccc4CCN4CCNCC4)c23)cc1. The Balaban J connectivity index is 1.48. The van der Waals surface area contributed by atoms with E-state index in [1.165, 1.54) is 24.0 Å². The molecule has 31 heavy (non-hydrogen) atoms. The number of fused-ring (bicyclic) bond motifs is 1. The lowest BCUT2D eigenvalue weighted by Gasteiger charge is -2.27. The molecule has 0 atom stereocenters. The molecule has 0 aliphatic carbocycles. The lowest BCUT2D eigenvalue weighted by molar-refractivity contribution is 0.244. The highest BCUT2D eigenvalue weighted by Crippen LogP contribution is 2.33.